The van der Waals surface area contributed by atoms with Crippen LogP contribution in [0.2, 0.25) is 0 Å². The number of hydrogen-bond acceptors (Lipinski definition) is 4. The summed E-state index contributed by atoms with van der Waals surface area (Å²) in [4.78, 5) is 26.3. The molecule has 4 aromatic carbocycles. The number of carbonyl (C=O) groups excluding carboxylic acids is 2. The number of carbonyl (C=O) groups is 2. The van der Waals surface area contributed by atoms with E-state index < -0.39 is 24.1 Å². The predicted octanol–water partition coefficient (Wildman–Crippen LogP) is 5.73. The molecule has 4 aromatic rings. The van der Waals surface area contributed by atoms with Gasteiger partial charge in [0, 0.05) is 0 Å². The smallest absolute Gasteiger partial charge is 0.338 e. The van der Waals surface area contributed by atoms with Gasteiger partial charge in [-0.3, -0.25) is 0 Å². The van der Waals surface area contributed by atoms with Crippen LogP contribution in [0.1, 0.15) is 54.8 Å². The van der Waals surface area contributed by atoms with Crippen LogP contribution < -0.4 is 0 Å². The molecular weight excluding hydrogens is 424 g/mol. The van der Waals surface area contributed by atoms with Gasteiger partial charge in [0.1, 0.15) is 0 Å². The molecule has 0 spiro atoms. The molecule has 0 aromatic heterocycles. The van der Waals surface area contributed by atoms with E-state index in [-0.39, 0.29) is 11.8 Å². The molecule has 0 N–H and O–H groups in total. The fraction of sp³-hybridized carbons (Fsp3) is 0.133. The summed E-state index contributed by atoms with van der Waals surface area (Å²) in [5.41, 5.74) is 5.40. The molecular formula is C30H22O4. The van der Waals surface area contributed by atoms with Crippen molar-refractivity contribution >= 4 is 11.9 Å². The van der Waals surface area contributed by atoms with Crippen LogP contribution in [0.25, 0.3) is 0 Å². The zero-order chi connectivity index (χ0) is 23.1. The lowest BCUT2D eigenvalue weighted by Gasteiger charge is -2.49. The second kappa shape index (κ2) is 8.31. The summed E-state index contributed by atoms with van der Waals surface area (Å²) in [5.74, 6) is -1.29. The highest BCUT2D eigenvalue weighted by atomic mass is 16.6. The average Bonchev–Trinajstić information content (AvgIpc) is 2.90. The van der Waals surface area contributed by atoms with Crippen LogP contribution in [0.4, 0.5) is 0 Å². The van der Waals surface area contributed by atoms with Crippen molar-refractivity contribution in [2.75, 3.05) is 0 Å². The molecule has 0 aliphatic heterocycles. The van der Waals surface area contributed by atoms with Crippen LogP contribution in [0.15, 0.2) is 109 Å². The Morgan fingerprint density at radius 3 is 1.06 bits per heavy atom. The summed E-state index contributed by atoms with van der Waals surface area (Å²) in [6, 6.07) is 34.2. The molecule has 2 atom stereocenters. The predicted molar refractivity (Wildman–Crippen MR) is 128 cm³/mol. The number of benzene rings is 4. The molecule has 4 heteroatoms. The molecule has 0 fully saturated rings. The highest BCUT2D eigenvalue weighted by molar-refractivity contribution is 5.90. The molecule has 0 radical (unpaired) electrons. The maximum atomic E-state index is 13.2. The second-order valence-electron chi connectivity index (χ2n) is 8.69. The van der Waals surface area contributed by atoms with E-state index in [2.05, 4.69) is 24.3 Å². The zero-order valence-corrected chi connectivity index (χ0v) is 18.3. The van der Waals surface area contributed by atoms with Crippen molar-refractivity contribution in [2.45, 2.75) is 24.0 Å². The minimum Gasteiger partial charge on any atom is -0.454 e. The number of ether oxygens (including phenoxy) is 2. The Bertz CT molecular complexity index is 1210. The second-order valence-corrected chi connectivity index (χ2v) is 8.69. The highest BCUT2D eigenvalue weighted by Crippen LogP contribution is 2.54. The normalized spacial score (nSPS) is 21.8. The van der Waals surface area contributed by atoms with Crippen LogP contribution >= 0.6 is 0 Å². The average molecular weight is 447 g/mol. The Hall–Kier alpha value is -4.18. The number of fused-ring (bicyclic) bond motifs is 1. The van der Waals surface area contributed by atoms with Gasteiger partial charge in [-0.25, -0.2) is 9.59 Å². The molecule has 3 aliphatic carbocycles. The number of hydrogen-bond donors (Lipinski definition) is 0. The van der Waals surface area contributed by atoms with E-state index in [1.165, 1.54) is 0 Å². The van der Waals surface area contributed by atoms with Crippen LogP contribution in [0.3, 0.4) is 0 Å². The molecule has 0 saturated carbocycles. The minimum atomic E-state index is -0.643. The maximum Gasteiger partial charge on any atom is 0.338 e. The first-order valence-corrected chi connectivity index (χ1v) is 11.4. The van der Waals surface area contributed by atoms with Gasteiger partial charge in [0.15, 0.2) is 12.2 Å². The third-order valence-corrected chi connectivity index (χ3v) is 6.82. The van der Waals surface area contributed by atoms with Gasteiger partial charge in [-0.2, -0.15) is 0 Å². The van der Waals surface area contributed by atoms with Crippen LogP contribution in [0, 0.1) is 0 Å². The summed E-state index contributed by atoms with van der Waals surface area (Å²) in [7, 11) is 0. The van der Waals surface area contributed by atoms with Gasteiger partial charge in [0.05, 0.1) is 23.0 Å². The fourth-order valence-corrected chi connectivity index (χ4v) is 5.38. The molecule has 0 unspecified atom stereocenters. The maximum absolute atomic E-state index is 13.2. The highest BCUT2D eigenvalue weighted by Gasteiger charge is 2.53. The standard InChI is InChI=1S/C30H22O4/c31-29(19-11-3-1-4-12-19)33-27-25-21-15-7-9-17-23(21)26(24-18-10-8-16-22(24)25)28(27)34-30(32)20-13-5-2-6-14-20/h1-18,25-28H/t25-,26-,27-,28+. The molecule has 4 nitrogen and oxygen atoms in total. The van der Waals surface area contributed by atoms with Gasteiger partial charge in [-0.05, 0) is 46.5 Å². The lowest BCUT2D eigenvalue weighted by Crippen LogP contribution is -2.51. The Kier molecular flexibility index (Phi) is 4.99. The van der Waals surface area contributed by atoms with Crippen molar-refractivity contribution in [3.05, 3.63) is 143 Å². The molecule has 3 aliphatic rings. The largest absolute Gasteiger partial charge is 0.454 e. The summed E-state index contributed by atoms with van der Waals surface area (Å²) in [6.07, 6.45) is -1.29. The molecule has 166 valence electrons. The van der Waals surface area contributed by atoms with Crippen LogP contribution in [-0.2, 0) is 9.47 Å². The van der Waals surface area contributed by atoms with Gasteiger partial charge in [-0.1, -0.05) is 84.9 Å². The van der Waals surface area contributed by atoms with Crippen molar-refractivity contribution in [3.8, 4) is 0 Å². The molecule has 34 heavy (non-hydrogen) atoms. The van der Waals surface area contributed by atoms with Gasteiger partial charge < -0.3 is 9.47 Å². The molecule has 7 rings (SSSR count). The first kappa shape index (κ1) is 20.4. The van der Waals surface area contributed by atoms with Crippen molar-refractivity contribution in [1.82, 2.24) is 0 Å². The summed E-state index contributed by atoms with van der Waals surface area (Å²) < 4.78 is 12.3. The van der Waals surface area contributed by atoms with Crippen molar-refractivity contribution < 1.29 is 19.1 Å². The minimum absolute atomic E-state index is 0.223. The quantitative estimate of drug-likeness (QED) is 0.376. The van der Waals surface area contributed by atoms with Crippen molar-refractivity contribution in [3.63, 3.8) is 0 Å². The Morgan fingerprint density at radius 2 is 0.735 bits per heavy atom. The van der Waals surface area contributed by atoms with Gasteiger partial charge in [0.25, 0.3) is 0 Å². The fourth-order valence-electron chi connectivity index (χ4n) is 5.38. The van der Waals surface area contributed by atoms with Crippen molar-refractivity contribution in [1.29, 1.82) is 0 Å². The lowest BCUT2D eigenvalue weighted by atomic mass is 9.61. The number of esters is 2. The first-order chi connectivity index (χ1) is 16.7. The SMILES string of the molecule is O=C(O[C@@H]1[C@H]2c3ccccc3[C@@H](c3ccccc32)[C@@H]1OC(=O)c1ccccc1)c1ccccc1. The van der Waals surface area contributed by atoms with Crippen molar-refractivity contribution in [2.24, 2.45) is 0 Å². The van der Waals surface area contributed by atoms with Crippen LogP contribution in [0.5, 0.6) is 0 Å². The lowest BCUT2D eigenvalue weighted by molar-refractivity contribution is -0.0557. The molecule has 2 bridgehead atoms. The van der Waals surface area contributed by atoms with E-state index in [0.717, 1.165) is 22.3 Å². The summed E-state index contributed by atoms with van der Waals surface area (Å²) in [6.45, 7) is 0. The Balaban J connectivity index is 1.46. The van der Waals surface area contributed by atoms with Gasteiger partial charge >= 0.3 is 11.9 Å². The van der Waals surface area contributed by atoms with E-state index in [1.54, 1.807) is 48.5 Å². The van der Waals surface area contributed by atoms with E-state index in [4.69, 9.17) is 9.47 Å². The number of rotatable bonds is 4. The monoisotopic (exact) mass is 446 g/mol. The Morgan fingerprint density at radius 1 is 0.441 bits per heavy atom. The summed E-state index contributed by atoms with van der Waals surface area (Å²) in [5, 5.41) is 0. The molecule has 0 saturated heterocycles. The summed E-state index contributed by atoms with van der Waals surface area (Å²) >= 11 is 0. The Labute approximate surface area is 197 Å². The van der Waals surface area contributed by atoms with Gasteiger partial charge in [-0.15, -0.1) is 0 Å². The van der Waals surface area contributed by atoms with E-state index in [0.29, 0.717) is 11.1 Å². The van der Waals surface area contributed by atoms with Crippen LogP contribution in [-0.4, -0.2) is 24.1 Å². The third-order valence-electron chi connectivity index (χ3n) is 6.82. The topological polar surface area (TPSA) is 52.6 Å². The first-order valence-electron chi connectivity index (χ1n) is 11.4. The van der Waals surface area contributed by atoms with E-state index >= 15 is 0 Å². The zero-order valence-electron chi connectivity index (χ0n) is 18.3. The van der Waals surface area contributed by atoms with Gasteiger partial charge in [0.2, 0.25) is 0 Å². The molecule has 0 amide bonds. The molecule has 0 heterocycles. The van der Waals surface area contributed by atoms with E-state index in [9.17, 15) is 9.59 Å². The third kappa shape index (κ3) is 3.30. The van der Waals surface area contributed by atoms with E-state index in [1.807, 2.05) is 36.4 Å².